The first kappa shape index (κ1) is 19.1. The molecule has 0 saturated carbocycles. The second-order valence-corrected chi connectivity index (χ2v) is 5.87. The molecule has 0 bridgehead atoms. The first-order chi connectivity index (χ1) is 13.2. The summed E-state index contributed by atoms with van der Waals surface area (Å²) in [5, 5.41) is 17.0. The molecule has 144 valence electrons. The Hall–Kier alpha value is -3.69. The second kappa shape index (κ2) is 7.51. The molecule has 10 heteroatoms. The zero-order valence-electron chi connectivity index (χ0n) is 14.5. The number of aromatic nitrogens is 2. The van der Waals surface area contributed by atoms with Gasteiger partial charge in [-0.25, -0.2) is 9.97 Å². The summed E-state index contributed by atoms with van der Waals surface area (Å²) in [6, 6.07) is 11.4. The smallest absolute Gasteiger partial charge is 0.334 e. The molecule has 0 atom stereocenters. The van der Waals surface area contributed by atoms with E-state index in [-0.39, 0.29) is 17.3 Å². The molecular weight excluding hydrogens is 375 g/mol. The standard InChI is InChI=1S/C18H14F3N5O2/c1-11-5-7-13(8-6-11)24-16-15(26(27)28)17(23-10-22-16)25-14-4-2-3-12(9-14)18(19,20)21/h2-10H,1H3,(H2,22,23,24,25). The molecule has 1 heterocycles. The molecule has 28 heavy (non-hydrogen) atoms. The molecule has 1 aromatic heterocycles. The van der Waals surface area contributed by atoms with Gasteiger partial charge in [0.25, 0.3) is 0 Å². The SMILES string of the molecule is Cc1ccc(Nc2ncnc(Nc3cccc(C(F)(F)F)c3)c2[N+](=O)[O-])cc1. The molecule has 0 fully saturated rings. The lowest BCUT2D eigenvalue weighted by Crippen LogP contribution is -2.07. The lowest BCUT2D eigenvalue weighted by atomic mass is 10.2. The molecule has 0 saturated heterocycles. The van der Waals surface area contributed by atoms with Gasteiger partial charge in [0.1, 0.15) is 6.33 Å². The van der Waals surface area contributed by atoms with E-state index in [1.807, 2.05) is 19.1 Å². The topological polar surface area (TPSA) is 93.0 Å². The summed E-state index contributed by atoms with van der Waals surface area (Å²) in [5.74, 6) is -0.313. The van der Waals surface area contributed by atoms with E-state index in [0.717, 1.165) is 24.0 Å². The largest absolute Gasteiger partial charge is 0.416 e. The van der Waals surface area contributed by atoms with Crippen LogP contribution in [0.15, 0.2) is 54.9 Å². The zero-order valence-corrected chi connectivity index (χ0v) is 14.5. The van der Waals surface area contributed by atoms with Crippen LogP contribution < -0.4 is 10.6 Å². The monoisotopic (exact) mass is 389 g/mol. The number of nitro groups is 1. The number of benzene rings is 2. The number of nitrogens with zero attached hydrogens (tertiary/aromatic N) is 3. The molecule has 0 aliphatic rings. The number of anilines is 4. The first-order valence-corrected chi connectivity index (χ1v) is 8.01. The second-order valence-electron chi connectivity index (χ2n) is 5.87. The summed E-state index contributed by atoms with van der Waals surface area (Å²) in [6.45, 7) is 1.90. The van der Waals surface area contributed by atoms with E-state index in [2.05, 4.69) is 20.6 Å². The number of halogens is 3. The number of nitrogens with one attached hydrogen (secondary N) is 2. The van der Waals surface area contributed by atoms with Gasteiger partial charge in [0.2, 0.25) is 11.6 Å². The third-order valence-corrected chi connectivity index (χ3v) is 3.77. The Morgan fingerprint density at radius 1 is 0.964 bits per heavy atom. The van der Waals surface area contributed by atoms with Gasteiger partial charge in [-0.3, -0.25) is 10.1 Å². The molecule has 3 rings (SSSR count). The minimum atomic E-state index is -4.53. The first-order valence-electron chi connectivity index (χ1n) is 8.01. The van der Waals surface area contributed by atoms with Crippen LogP contribution in [0.1, 0.15) is 11.1 Å². The van der Waals surface area contributed by atoms with E-state index >= 15 is 0 Å². The Kier molecular flexibility index (Phi) is 5.12. The summed E-state index contributed by atoms with van der Waals surface area (Å²) in [5.41, 5.74) is 0.220. The van der Waals surface area contributed by atoms with Crippen LogP contribution in [-0.4, -0.2) is 14.9 Å². The fraction of sp³-hybridized carbons (Fsp3) is 0.111. The van der Waals surface area contributed by atoms with Crippen molar-refractivity contribution in [3.8, 4) is 0 Å². The highest BCUT2D eigenvalue weighted by atomic mass is 19.4. The van der Waals surface area contributed by atoms with Gasteiger partial charge in [-0.1, -0.05) is 23.8 Å². The van der Waals surface area contributed by atoms with Crippen molar-refractivity contribution in [1.29, 1.82) is 0 Å². The Morgan fingerprint density at radius 3 is 2.14 bits per heavy atom. The summed E-state index contributed by atoms with van der Waals surface area (Å²) in [6.07, 6.45) is -3.45. The molecule has 0 amide bonds. The summed E-state index contributed by atoms with van der Waals surface area (Å²) >= 11 is 0. The van der Waals surface area contributed by atoms with Gasteiger partial charge in [0.15, 0.2) is 0 Å². The highest BCUT2D eigenvalue weighted by molar-refractivity contribution is 5.76. The molecule has 2 N–H and O–H groups in total. The lowest BCUT2D eigenvalue weighted by molar-refractivity contribution is -0.383. The molecule has 0 aliphatic carbocycles. The average molecular weight is 389 g/mol. The maximum absolute atomic E-state index is 12.9. The molecule has 7 nitrogen and oxygen atoms in total. The van der Waals surface area contributed by atoms with Crippen LogP contribution in [0, 0.1) is 17.0 Å². The molecular formula is C18H14F3N5O2. The minimum absolute atomic E-state index is 0.0120. The Balaban J connectivity index is 1.96. The lowest BCUT2D eigenvalue weighted by Gasteiger charge is -2.12. The van der Waals surface area contributed by atoms with Crippen LogP contribution in [0.25, 0.3) is 0 Å². The summed E-state index contributed by atoms with van der Waals surface area (Å²) < 4.78 is 38.6. The van der Waals surface area contributed by atoms with Crippen LogP contribution in [0.2, 0.25) is 0 Å². The molecule has 2 aromatic carbocycles. The normalized spacial score (nSPS) is 11.1. The fourth-order valence-electron chi connectivity index (χ4n) is 2.42. The quantitative estimate of drug-likeness (QED) is 0.460. The minimum Gasteiger partial charge on any atom is -0.334 e. The highest BCUT2D eigenvalue weighted by Crippen LogP contribution is 2.35. The van der Waals surface area contributed by atoms with E-state index in [9.17, 15) is 23.3 Å². The van der Waals surface area contributed by atoms with Crippen molar-refractivity contribution in [1.82, 2.24) is 9.97 Å². The van der Waals surface area contributed by atoms with Crippen molar-refractivity contribution in [3.63, 3.8) is 0 Å². The Labute approximate surface area is 157 Å². The van der Waals surface area contributed by atoms with Gasteiger partial charge in [-0.2, -0.15) is 13.2 Å². The number of rotatable bonds is 5. The van der Waals surface area contributed by atoms with E-state index in [1.54, 1.807) is 12.1 Å². The van der Waals surface area contributed by atoms with Crippen LogP contribution in [0.4, 0.5) is 41.9 Å². The van der Waals surface area contributed by atoms with E-state index in [0.29, 0.717) is 5.69 Å². The van der Waals surface area contributed by atoms with Crippen molar-refractivity contribution < 1.29 is 18.1 Å². The number of aryl methyl sites for hydroxylation is 1. The van der Waals surface area contributed by atoms with Crippen LogP contribution in [0.3, 0.4) is 0 Å². The Bertz CT molecular complexity index is 1010. The molecule has 0 radical (unpaired) electrons. The number of hydrogen-bond acceptors (Lipinski definition) is 6. The zero-order chi connectivity index (χ0) is 20.3. The van der Waals surface area contributed by atoms with Crippen LogP contribution >= 0.6 is 0 Å². The van der Waals surface area contributed by atoms with Gasteiger partial charge >= 0.3 is 11.9 Å². The fourth-order valence-corrected chi connectivity index (χ4v) is 2.42. The number of alkyl halides is 3. The summed E-state index contributed by atoms with van der Waals surface area (Å²) in [7, 11) is 0. The van der Waals surface area contributed by atoms with Crippen molar-refractivity contribution in [2.75, 3.05) is 10.6 Å². The van der Waals surface area contributed by atoms with Crippen molar-refractivity contribution in [2.24, 2.45) is 0 Å². The predicted octanol–water partition coefficient (Wildman–Crippen LogP) is 5.20. The van der Waals surface area contributed by atoms with Gasteiger partial charge in [0.05, 0.1) is 10.5 Å². The highest BCUT2D eigenvalue weighted by Gasteiger charge is 2.31. The molecule has 0 unspecified atom stereocenters. The van der Waals surface area contributed by atoms with Gasteiger partial charge in [0, 0.05) is 11.4 Å². The van der Waals surface area contributed by atoms with Crippen molar-refractivity contribution in [3.05, 3.63) is 76.1 Å². The summed E-state index contributed by atoms with van der Waals surface area (Å²) in [4.78, 5) is 18.6. The maximum atomic E-state index is 12.9. The van der Waals surface area contributed by atoms with Gasteiger partial charge < -0.3 is 10.6 Å². The van der Waals surface area contributed by atoms with Crippen molar-refractivity contribution >= 4 is 28.7 Å². The van der Waals surface area contributed by atoms with E-state index in [1.165, 1.54) is 12.1 Å². The third-order valence-electron chi connectivity index (χ3n) is 3.77. The third kappa shape index (κ3) is 4.34. The predicted molar refractivity (Wildman–Crippen MR) is 97.9 cm³/mol. The average Bonchev–Trinajstić information content (AvgIpc) is 2.63. The van der Waals surface area contributed by atoms with E-state index in [4.69, 9.17) is 0 Å². The maximum Gasteiger partial charge on any atom is 0.416 e. The van der Waals surface area contributed by atoms with Crippen molar-refractivity contribution in [2.45, 2.75) is 13.1 Å². The van der Waals surface area contributed by atoms with Crippen LogP contribution in [0.5, 0.6) is 0 Å². The van der Waals surface area contributed by atoms with Gasteiger partial charge in [-0.15, -0.1) is 0 Å². The molecule has 3 aromatic rings. The number of hydrogen-bond donors (Lipinski definition) is 2. The molecule has 0 aliphatic heterocycles. The van der Waals surface area contributed by atoms with Crippen LogP contribution in [-0.2, 0) is 6.18 Å². The van der Waals surface area contributed by atoms with Gasteiger partial charge in [-0.05, 0) is 37.3 Å². The van der Waals surface area contributed by atoms with E-state index < -0.39 is 22.4 Å². The Morgan fingerprint density at radius 2 is 1.57 bits per heavy atom. The molecule has 0 spiro atoms.